The predicted octanol–water partition coefficient (Wildman–Crippen LogP) is 3.02. The van der Waals surface area contributed by atoms with E-state index in [1.807, 2.05) is 24.3 Å². The fourth-order valence-corrected chi connectivity index (χ4v) is 2.57. The Morgan fingerprint density at radius 2 is 2.00 bits per heavy atom. The molecule has 0 amide bonds. The van der Waals surface area contributed by atoms with Gasteiger partial charge in [0.1, 0.15) is 11.5 Å². The Kier molecular flexibility index (Phi) is 4.88. The molecule has 3 nitrogen and oxygen atoms in total. The van der Waals surface area contributed by atoms with Gasteiger partial charge in [-0.25, -0.2) is 0 Å². The largest absolute Gasteiger partial charge is 0.497 e. The number of benzene rings is 1. The molecule has 1 unspecified atom stereocenters. The number of hydrogen-bond donors (Lipinski definition) is 1. The summed E-state index contributed by atoms with van der Waals surface area (Å²) < 4.78 is 10.8. The van der Waals surface area contributed by atoms with Crippen molar-refractivity contribution in [1.82, 2.24) is 0 Å². The minimum Gasteiger partial charge on any atom is -0.497 e. The lowest BCUT2D eigenvalue weighted by Gasteiger charge is -2.17. The van der Waals surface area contributed by atoms with Crippen molar-refractivity contribution in [3.8, 4) is 11.5 Å². The van der Waals surface area contributed by atoms with E-state index in [2.05, 4.69) is 0 Å². The van der Waals surface area contributed by atoms with Crippen LogP contribution in [0.15, 0.2) is 24.3 Å². The topological polar surface area (TPSA) is 38.7 Å². The van der Waals surface area contributed by atoms with Crippen molar-refractivity contribution in [3.05, 3.63) is 24.3 Å². The number of hydrogen-bond acceptors (Lipinski definition) is 3. The number of ether oxygens (including phenoxy) is 2. The molecule has 0 bridgehead atoms. The van der Waals surface area contributed by atoms with Crippen molar-refractivity contribution in [2.24, 2.45) is 5.92 Å². The lowest BCUT2D eigenvalue weighted by atomic mass is 9.99. The fourth-order valence-electron chi connectivity index (χ4n) is 2.57. The average Bonchev–Trinajstić information content (AvgIpc) is 2.93. The first-order valence-electron chi connectivity index (χ1n) is 6.74. The Labute approximate surface area is 109 Å². The first kappa shape index (κ1) is 13.2. The Balaban J connectivity index is 1.73. The molecular weight excluding hydrogens is 228 g/mol. The third kappa shape index (κ3) is 3.64. The fraction of sp³-hybridized carbons (Fsp3) is 0.600. The molecule has 0 spiro atoms. The van der Waals surface area contributed by atoms with Crippen LogP contribution in [-0.2, 0) is 0 Å². The van der Waals surface area contributed by atoms with E-state index >= 15 is 0 Å². The van der Waals surface area contributed by atoms with Gasteiger partial charge in [-0.2, -0.15) is 0 Å². The Hall–Kier alpha value is -1.22. The van der Waals surface area contributed by atoms with Gasteiger partial charge in [0.25, 0.3) is 0 Å². The van der Waals surface area contributed by atoms with Crippen molar-refractivity contribution in [2.45, 2.75) is 38.2 Å². The Morgan fingerprint density at radius 1 is 1.28 bits per heavy atom. The zero-order valence-electron chi connectivity index (χ0n) is 11.0. The van der Waals surface area contributed by atoms with Crippen molar-refractivity contribution in [1.29, 1.82) is 0 Å². The van der Waals surface area contributed by atoms with Gasteiger partial charge in [0.2, 0.25) is 0 Å². The zero-order chi connectivity index (χ0) is 12.8. The second kappa shape index (κ2) is 6.64. The highest BCUT2D eigenvalue weighted by Crippen LogP contribution is 2.29. The monoisotopic (exact) mass is 250 g/mol. The van der Waals surface area contributed by atoms with Gasteiger partial charge in [-0.15, -0.1) is 0 Å². The van der Waals surface area contributed by atoms with E-state index in [1.165, 1.54) is 25.7 Å². The molecule has 1 aliphatic rings. The van der Waals surface area contributed by atoms with E-state index in [1.54, 1.807) is 7.11 Å². The maximum Gasteiger partial charge on any atom is 0.122 e. The summed E-state index contributed by atoms with van der Waals surface area (Å²) in [5.74, 6) is 2.08. The minimum absolute atomic E-state index is 0.210. The molecule has 1 aromatic carbocycles. The lowest BCUT2D eigenvalue weighted by molar-refractivity contribution is 0.0853. The Morgan fingerprint density at radius 3 is 2.72 bits per heavy atom. The molecule has 2 rings (SSSR count). The smallest absolute Gasteiger partial charge is 0.122 e. The molecule has 18 heavy (non-hydrogen) atoms. The van der Waals surface area contributed by atoms with Crippen LogP contribution in [0, 0.1) is 5.92 Å². The first-order chi connectivity index (χ1) is 8.79. The number of aliphatic hydroxyl groups excluding tert-OH is 1. The molecule has 0 aromatic heterocycles. The van der Waals surface area contributed by atoms with Gasteiger partial charge in [0.05, 0.1) is 19.8 Å². The Bertz CT molecular complexity index is 359. The van der Waals surface area contributed by atoms with Crippen LogP contribution in [0.3, 0.4) is 0 Å². The molecule has 1 fully saturated rings. The van der Waals surface area contributed by atoms with Crippen molar-refractivity contribution < 1.29 is 14.6 Å². The standard InChI is InChI=1S/C15H22O3/c1-17-13-7-4-8-14(11-13)18-10-9-15(16)12-5-2-3-6-12/h4,7-8,11-12,15-16H,2-3,5-6,9-10H2,1H3. The highest BCUT2D eigenvalue weighted by atomic mass is 16.5. The summed E-state index contributed by atoms with van der Waals surface area (Å²) in [6, 6.07) is 7.56. The minimum atomic E-state index is -0.210. The van der Waals surface area contributed by atoms with Gasteiger partial charge < -0.3 is 14.6 Å². The number of aliphatic hydroxyl groups is 1. The third-order valence-electron chi connectivity index (χ3n) is 3.67. The van der Waals surface area contributed by atoms with Gasteiger partial charge >= 0.3 is 0 Å². The van der Waals surface area contributed by atoms with Gasteiger partial charge in [0.15, 0.2) is 0 Å². The average molecular weight is 250 g/mol. The van der Waals surface area contributed by atoms with Crippen LogP contribution in [0.2, 0.25) is 0 Å². The molecule has 0 saturated heterocycles. The normalized spacial score (nSPS) is 17.7. The van der Waals surface area contributed by atoms with Crippen LogP contribution in [0.25, 0.3) is 0 Å². The predicted molar refractivity (Wildman–Crippen MR) is 71.1 cm³/mol. The van der Waals surface area contributed by atoms with Gasteiger partial charge in [-0.05, 0) is 30.9 Å². The van der Waals surface area contributed by atoms with Crippen LogP contribution in [0.4, 0.5) is 0 Å². The molecule has 0 radical (unpaired) electrons. The van der Waals surface area contributed by atoms with Crippen LogP contribution in [0.1, 0.15) is 32.1 Å². The molecule has 0 heterocycles. The summed E-state index contributed by atoms with van der Waals surface area (Å²) in [5.41, 5.74) is 0. The third-order valence-corrected chi connectivity index (χ3v) is 3.67. The lowest BCUT2D eigenvalue weighted by Crippen LogP contribution is -2.20. The molecule has 1 N–H and O–H groups in total. The van der Waals surface area contributed by atoms with Crippen molar-refractivity contribution in [2.75, 3.05) is 13.7 Å². The van der Waals surface area contributed by atoms with E-state index in [-0.39, 0.29) is 6.10 Å². The molecule has 100 valence electrons. The van der Waals surface area contributed by atoms with Crippen LogP contribution in [0.5, 0.6) is 11.5 Å². The van der Waals surface area contributed by atoms with Gasteiger partial charge in [-0.1, -0.05) is 18.9 Å². The van der Waals surface area contributed by atoms with Gasteiger partial charge in [-0.3, -0.25) is 0 Å². The summed E-state index contributed by atoms with van der Waals surface area (Å²) in [5, 5.41) is 10.0. The van der Waals surface area contributed by atoms with Crippen LogP contribution >= 0.6 is 0 Å². The molecule has 0 aliphatic heterocycles. The van der Waals surface area contributed by atoms with Gasteiger partial charge in [0, 0.05) is 12.5 Å². The molecule has 1 aliphatic carbocycles. The van der Waals surface area contributed by atoms with E-state index < -0.39 is 0 Å². The highest BCUT2D eigenvalue weighted by Gasteiger charge is 2.22. The number of methoxy groups -OCH3 is 1. The first-order valence-corrected chi connectivity index (χ1v) is 6.74. The maximum atomic E-state index is 10.0. The zero-order valence-corrected chi connectivity index (χ0v) is 11.0. The summed E-state index contributed by atoms with van der Waals surface area (Å²) in [6.07, 6.45) is 5.36. The molecule has 1 aromatic rings. The molecule has 3 heteroatoms. The van der Waals surface area contributed by atoms with E-state index in [4.69, 9.17) is 9.47 Å². The SMILES string of the molecule is COc1cccc(OCCC(O)C2CCCC2)c1. The van der Waals surface area contributed by atoms with E-state index in [9.17, 15) is 5.11 Å². The summed E-state index contributed by atoms with van der Waals surface area (Å²) in [6.45, 7) is 0.560. The summed E-state index contributed by atoms with van der Waals surface area (Å²) in [4.78, 5) is 0. The second-order valence-electron chi connectivity index (χ2n) is 4.93. The van der Waals surface area contributed by atoms with Crippen LogP contribution < -0.4 is 9.47 Å². The molecule has 1 saturated carbocycles. The summed E-state index contributed by atoms with van der Waals surface area (Å²) in [7, 11) is 1.64. The second-order valence-corrected chi connectivity index (χ2v) is 4.93. The van der Waals surface area contributed by atoms with E-state index in [0.29, 0.717) is 18.9 Å². The van der Waals surface area contributed by atoms with E-state index in [0.717, 1.165) is 11.5 Å². The van der Waals surface area contributed by atoms with Crippen LogP contribution in [-0.4, -0.2) is 24.9 Å². The molecular formula is C15H22O3. The van der Waals surface area contributed by atoms with Crippen molar-refractivity contribution >= 4 is 0 Å². The molecule has 1 atom stereocenters. The van der Waals surface area contributed by atoms with Crippen molar-refractivity contribution in [3.63, 3.8) is 0 Å². The maximum absolute atomic E-state index is 10.0. The quantitative estimate of drug-likeness (QED) is 0.843. The highest BCUT2D eigenvalue weighted by molar-refractivity contribution is 5.32. The summed E-state index contributed by atoms with van der Waals surface area (Å²) >= 11 is 0. The number of rotatable bonds is 6.